The second kappa shape index (κ2) is 8.58. The average Bonchev–Trinajstić information content (AvgIpc) is 2.21. The van der Waals surface area contributed by atoms with Crippen LogP contribution in [0.15, 0.2) is 24.3 Å². The van der Waals surface area contributed by atoms with E-state index in [-0.39, 0.29) is 12.4 Å². The summed E-state index contributed by atoms with van der Waals surface area (Å²) in [5, 5.41) is 9.03. The van der Waals surface area contributed by atoms with E-state index in [0.717, 1.165) is 5.56 Å². The number of carbonyl (C=O) groups excluding carboxylic acids is 1. The summed E-state index contributed by atoms with van der Waals surface area (Å²) >= 11 is 5.60. The Kier molecular flexibility index (Phi) is 7.80. The van der Waals surface area contributed by atoms with E-state index < -0.39 is 5.97 Å². The van der Waals surface area contributed by atoms with Gasteiger partial charge in [0.25, 0.3) is 0 Å². The normalized spacial score (nSPS) is 8.88. The highest BCUT2D eigenvalue weighted by Gasteiger charge is 1.98. The van der Waals surface area contributed by atoms with Crippen LogP contribution in [0.5, 0.6) is 0 Å². The second-order valence-electron chi connectivity index (χ2n) is 3.12. The van der Waals surface area contributed by atoms with Crippen molar-refractivity contribution < 1.29 is 19.4 Å². The molecule has 4 nitrogen and oxygen atoms in total. The van der Waals surface area contributed by atoms with Gasteiger partial charge in [-0.15, -0.1) is 0 Å². The lowest BCUT2D eigenvalue weighted by molar-refractivity contribution is -0.140. The molecule has 1 rings (SSSR count). The van der Waals surface area contributed by atoms with Gasteiger partial charge in [-0.25, -0.2) is 0 Å². The SMILES string of the molecule is CCOC(C)=O.O=C(O)Cc1ccc(Cl)cc1. The molecule has 17 heavy (non-hydrogen) atoms. The first-order valence-electron chi connectivity index (χ1n) is 5.05. The second-order valence-corrected chi connectivity index (χ2v) is 3.56. The summed E-state index contributed by atoms with van der Waals surface area (Å²) in [6.45, 7) is 3.65. The van der Waals surface area contributed by atoms with Gasteiger partial charge in [-0.3, -0.25) is 9.59 Å². The molecular weight excluding hydrogens is 244 g/mol. The van der Waals surface area contributed by atoms with Gasteiger partial charge in [0.2, 0.25) is 0 Å². The number of carbonyl (C=O) groups is 2. The quantitative estimate of drug-likeness (QED) is 0.847. The molecule has 0 atom stereocenters. The minimum absolute atomic E-state index is 0.0527. The monoisotopic (exact) mass is 258 g/mol. The fourth-order valence-electron chi connectivity index (χ4n) is 0.980. The van der Waals surface area contributed by atoms with Crippen molar-refractivity contribution in [2.45, 2.75) is 20.3 Å². The van der Waals surface area contributed by atoms with Gasteiger partial charge in [0.05, 0.1) is 13.0 Å². The van der Waals surface area contributed by atoms with Crippen molar-refractivity contribution in [1.29, 1.82) is 0 Å². The maximum Gasteiger partial charge on any atom is 0.307 e. The number of hydrogen-bond acceptors (Lipinski definition) is 3. The van der Waals surface area contributed by atoms with Crippen molar-refractivity contribution in [1.82, 2.24) is 0 Å². The van der Waals surface area contributed by atoms with Crippen LogP contribution in [0.1, 0.15) is 19.4 Å². The average molecular weight is 259 g/mol. The topological polar surface area (TPSA) is 63.6 Å². The molecule has 0 bridgehead atoms. The highest BCUT2D eigenvalue weighted by molar-refractivity contribution is 6.30. The zero-order valence-corrected chi connectivity index (χ0v) is 10.5. The lowest BCUT2D eigenvalue weighted by Crippen LogP contribution is -1.99. The highest BCUT2D eigenvalue weighted by Crippen LogP contribution is 2.09. The van der Waals surface area contributed by atoms with Crippen molar-refractivity contribution in [3.63, 3.8) is 0 Å². The maximum absolute atomic E-state index is 10.2. The lowest BCUT2D eigenvalue weighted by atomic mass is 10.2. The minimum Gasteiger partial charge on any atom is -0.481 e. The first-order valence-corrected chi connectivity index (χ1v) is 5.43. The number of rotatable bonds is 3. The Morgan fingerprint density at radius 3 is 2.12 bits per heavy atom. The van der Waals surface area contributed by atoms with Gasteiger partial charge in [-0.05, 0) is 24.6 Å². The van der Waals surface area contributed by atoms with Crippen LogP contribution >= 0.6 is 11.6 Å². The van der Waals surface area contributed by atoms with Crippen LogP contribution < -0.4 is 0 Å². The van der Waals surface area contributed by atoms with Gasteiger partial charge in [-0.2, -0.15) is 0 Å². The number of carboxylic acid groups (broad SMARTS) is 1. The zero-order valence-electron chi connectivity index (χ0n) is 9.77. The Hall–Kier alpha value is -1.55. The number of esters is 1. The Morgan fingerprint density at radius 1 is 1.29 bits per heavy atom. The molecule has 0 aliphatic rings. The fraction of sp³-hybridized carbons (Fsp3) is 0.333. The van der Waals surface area contributed by atoms with E-state index in [0.29, 0.717) is 11.6 Å². The first kappa shape index (κ1) is 15.5. The largest absolute Gasteiger partial charge is 0.481 e. The third-order valence-corrected chi connectivity index (χ3v) is 1.87. The van der Waals surface area contributed by atoms with Crippen LogP contribution in [0.2, 0.25) is 5.02 Å². The molecule has 0 aromatic heterocycles. The van der Waals surface area contributed by atoms with E-state index in [1.807, 2.05) is 0 Å². The van der Waals surface area contributed by atoms with E-state index in [4.69, 9.17) is 16.7 Å². The molecule has 5 heteroatoms. The van der Waals surface area contributed by atoms with Gasteiger partial charge in [-0.1, -0.05) is 23.7 Å². The van der Waals surface area contributed by atoms with Gasteiger partial charge in [0.15, 0.2) is 0 Å². The summed E-state index contributed by atoms with van der Waals surface area (Å²) in [7, 11) is 0. The van der Waals surface area contributed by atoms with E-state index in [1.54, 1.807) is 31.2 Å². The molecule has 0 amide bonds. The van der Waals surface area contributed by atoms with Crippen molar-refractivity contribution in [2.75, 3.05) is 6.61 Å². The molecule has 0 saturated carbocycles. The minimum atomic E-state index is -0.827. The van der Waals surface area contributed by atoms with Crippen LogP contribution in [0.3, 0.4) is 0 Å². The first-order chi connectivity index (χ1) is 7.95. The molecule has 0 spiro atoms. The number of aliphatic carboxylic acids is 1. The summed E-state index contributed by atoms with van der Waals surface area (Å²) in [5.41, 5.74) is 0.766. The van der Waals surface area contributed by atoms with E-state index in [2.05, 4.69) is 4.74 Å². The lowest BCUT2D eigenvalue weighted by Gasteiger charge is -1.95. The molecule has 1 aromatic carbocycles. The van der Waals surface area contributed by atoms with E-state index in [1.165, 1.54) is 6.92 Å². The van der Waals surface area contributed by atoms with Crippen LogP contribution in [0.25, 0.3) is 0 Å². The standard InChI is InChI=1S/C8H7ClO2.C4H8O2/c9-7-3-1-6(2-4-7)5-8(10)11;1-3-6-4(2)5/h1-4H,5H2,(H,10,11);3H2,1-2H3. The number of halogens is 1. The molecule has 0 radical (unpaired) electrons. The van der Waals surface area contributed by atoms with Crippen LogP contribution in [0, 0.1) is 0 Å². The Balaban J connectivity index is 0.000000366. The Morgan fingerprint density at radius 2 is 1.82 bits per heavy atom. The number of hydrogen-bond donors (Lipinski definition) is 1. The number of benzene rings is 1. The van der Waals surface area contributed by atoms with Crippen LogP contribution in [0.4, 0.5) is 0 Å². The third kappa shape index (κ3) is 9.38. The Labute approximate surface area is 105 Å². The summed E-state index contributed by atoms with van der Waals surface area (Å²) < 4.78 is 4.40. The molecular formula is C12H15ClO4. The molecule has 0 unspecified atom stereocenters. The number of ether oxygens (including phenoxy) is 1. The molecule has 0 aliphatic heterocycles. The summed E-state index contributed by atoms with van der Waals surface area (Å²) in [6, 6.07) is 6.77. The number of carboxylic acids is 1. The third-order valence-electron chi connectivity index (χ3n) is 1.62. The molecule has 1 aromatic rings. The van der Waals surface area contributed by atoms with Gasteiger partial charge >= 0.3 is 11.9 Å². The molecule has 0 saturated heterocycles. The van der Waals surface area contributed by atoms with Gasteiger partial charge in [0.1, 0.15) is 0 Å². The molecule has 94 valence electrons. The predicted molar refractivity (Wildman–Crippen MR) is 65.1 cm³/mol. The summed E-state index contributed by atoms with van der Waals surface area (Å²) in [6.07, 6.45) is 0.0527. The predicted octanol–water partition coefficient (Wildman–Crippen LogP) is 2.54. The van der Waals surface area contributed by atoms with Gasteiger partial charge in [0, 0.05) is 11.9 Å². The van der Waals surface area contributed by atoms with Crippen molar-refractivity contribution in [2.24, 2.45) is 0 Å². The van der Waals surface area contributed by atoms with Crippen molar-refractivity contribution in [3.8, 4) is 0 Å². The fourth-order valence-corrected chi connectivity index (χ4v) is 1.11. The van der Waals surface area contributed by atoms with E-state index >= 15 is 0 Å². The Bertz CT molecular complexity index is 359. The highest BCUT2D eigenvalue weighted by atomic mass is 35.5. The molecule has 0 aliphatic carbocycles. The van der Waals surface area contributed by atoms with Gasteiger partial charge < -0.3 is 9.84 Å². The molecule has 0 heterocycles. The summed E-state index contributed by atoms with van der Waals surface area (Å²) in [5.74, 6) is -1.04. The molecule has 1 N–H and O–H groups in total. The van der Waals surface area contributed by atoms with Crippen LogP contribution in [-0.4, -0.2) is 23.7 Å². The van der Waals surface area contributed by atoms with Crippen LogP contribution in [-0.2, 0) is 20.7 Å². The smallest absolute Gasteiger partial charge is 0.307 e. The summed E-state index contributed by atoms with van der Waals surface area (Å²) in [4.78, 5) is 20.0. The molecule has 0 fully saturated rings. The maximum atomic E-state index is 10.2. The van der Waals surface area contributed by atoms with E-state index in [9.17, 15) is 9.59 Å². The van der Waals surface area contributed by atoms with Crippen molar-refractivity contribution in [3.05, 3.63) is 34.9 Å². The zero-order chi connectivity index (χ0) is 13.3. The van der Waals surface area contributed by atoms with Crippen molar-refractivity contribution >= 4 is 23.5 Å².